The van der Waals surface area contributed by atoms with E-state index in [1.165, 1.54) is 19.3 Å². The van der Waals surface area contributed by atoms with Crippen LogP contribution < -0.4 is 0 Å². The Morgan fingerprint density at radius 1 is 1.00 bits per heavy atom. The molecule has 0 amide bonds. The highest BCUT2D eigenvalue weighted by atomic mass is 16.6. The van der Waals surface area contributed by atoms with Crippen molar-refractivity contribution in [3.05, 3.63) is 0 Å². The van der Waals surface area contributed by atoms with E-state index >= 15 is 0 Å². The highest BCUT2D eigenvalue weighted by Crippen LogP contribution is 2.49. The summed E-state index contributed by atoms with van der Waals surface area (Å²) in [5.41, 5.74) is -1.01. The van der Waals surface area contributed by atoms with Crippen molar-refractivity contribution < 1.29 is 19.1 Å². The second kappa shape index (κ2) is 7.51. The zero-order chi connectivity index (χ0) is 14.3. The molecule has 0 aromatic heterocycles. The van der Waals surface area contributed by atoms with Gasteiger partial charge in [0, 0.05) is 0 Å². The van der Waals surface area contributed by atoms with Crippen molar-refractivity contribution in [1.82, 2.24) is 0 Å². The largest absolute Gasteiger partial charge is 0.465 e. The molecule has 0 radical (unpaired) electrons. The molecule has 4 heteroatoms. The third-order valence-corrected chi connectivity index (χ3v) is 3.82. The molecule has 0 N–H and O–H groups in total. The Hall–Kier alpha value is -1.06. The second-order valence-electron chi connectivity index (χ2n) is 5.29. The second-order valence-corrected chi connectivity index (χ2v) is 5.29. The standard InChI is InChI=1S/C15H26O4/c1-4-7-8-9-12-10-15(11-12,13(16)18-5-2)14(17)19-6-3/h12H,4-11H2,1-3H3. The molecule has 0 spiro atoms. The Morgan fingerprint density at radius 3 is 1.95 bits per heavy atom. The van der Waals surface area contributed by atoms with Crippen LogP contribution in [0.25, 0.3) is 0 Å². The van der Waals surface area contributed by atoms with Gasteiger partial charge in [-0.2, -0.15) is 0 Å². The van der Waals surface area contributed by atoms with Crippen LogP contribution >= 0.6 is 0 Å². The van der Waals surface area contributed by atoms with E-state index in [4.69, 9.17) is 9.47 Å². The minimum absolute atomic E-state index is 0.306. The fourth-order valence-corrected chi connectivity index (χ4v) is 2.77. The Kier molecular flexibility index (Phi) is 6.32. The number of ether oxygens (including phenoxy) is 2. The maximum atomic E-state index is 12.0. The number of hydrogen-bond acceptors (Lipinski definition) is 4. The molecule has 0 unspecified atom stereocenters. The summed E-state index contributed by atoms with van der Waals surface area (Å²) >= 11 is 0. The summed E-state index contributed by atoms with van der Waals surface area (Å²) < 4.78 is 10.1. The van der Waals surface area contributed by atoms with Gasteiger partial charge in [0.1, 0.15) is 0 Å². The summed E-state index contributed by atoms with van der Waals surface area (Å²) in [5, 5.41) is 0. The molecular formula is C15H26O4. The van der Waals surface area contributed by atoms with Crippen molar-refractivity contribution in [2.24, 2.45) is 11.3 Å². The number of rotatable bonds is 8. The van der Waals surface area contributed by atoms with Gasteiger partial charge in [-0.1, -0.05) is 32.6 Å². The zero-order valence-electron chi connectivity index (χ0n) is 12.4. The molecule has 4 nitrogen and oxygen atoms in total. The monoisotopic (exact) mass is 270 g/mol. The molecule has 0 heterocycles. The van der Waals surface area contributed by atoms with Gasteiger partial charge >= 0.3 is 11.9 Å². The van der Waals surface area contributed by atoms with Gasteiger partial charge < -0.3 is 9.47 Å². The first-order valence-electron chi connectivity index (χ1n) is 7.45. The predicted molar refractivity (Wildman–Crippen MR) is 72.6 cm³/mol. The van der Waals surface area contributed by atoms with E-state index in [1.807, 2.05) is 0 Å². The highest BCUT2D eigenvalue weighted by Gasteiger charge is 2.57. The molecule has 1 fully saturated rings. The molecule has 0 saturated heterocycles. The first kappa shape index (κ1) is 16.0. The molecule has 1 rings (SSSR count). The average molecular weight is 270 g/mol. The molecule has 0 aliphatic heterocycles. The van der Waals surface area contributed by atoms with E-state index in [0.717, 1.165) is 6.42 Å². The van der Waals surface area contributed by atoms with E-state index in [-0.39, 0.29) is 0 Å². The van der Waals surface area contributed by atoms with Gasteiger partial charge in [0.15, 0.2) is 5.41 Å². The Balaban J connectivity index is 2.56. The van der Waals surface area contributed by atoms with Gasteiger partial charge in [-0.15, -0.1) is 0 Å². The Labute approximate surface area is 115 Å². The van der Waals surface area contributed by atoms with Gasteiger partial charge in [0.05, 0.1) is 13.2 Å². The van der Waals surface area contributed by atoms with E-state index in [9.17, 15) is 9.59 Å². The first-order chi connectivity index (χ1) is 9.10. The zero-order valence-corrected chi connectivity index (χ0v) is 12.4. The molecule has 19 heavy (non-hydrogen) atoms. The minimum Gasteiger partial charge on any atom is -0.465 e. The lowest BCUT2D eigenvalue weighted by molar-refractivity contribution is -0.183. The van der Waals surface area contributed by atoms with Gasteiger partial charge in [0.25, 0.3) is 0 Å². The molecule has 0 atom stereocenters. The van der Waals surface area contributed by atoms with Crippen LogP contribution in [-0.4, -0.2) is 25.2 Å². The summed E-state index contributed by atoms with van der Waals surface area (Å²) in [4.78, 5) is 24.0. The molecular weight excluding hydrogens is 244 g/mol. The summed E-state index contributed by atoms with van der Waals surface area (Å²) in [6.45, 7) is 6.30. The number of hydrogen-bond donors (Lipinski definition) is 0. The maximum absolute atomic E-state index is 12.0. The summed E-state index contributed by atoms with van der Waals surface area (Å²) in [6.07, 6.45) is 5.84. The number of unbranched alkanes of at least 4 members (excludes halogenated alkanes) is 2. The SMILES string of the molecule is CCCCCC1CC(C(=O)OCC)(C(=O)OCC)C1. The Bertz CT molecular complexity index is 285. The highest BCUT2D eigenvalue weighted by molar-refractivity contribution is 6.01. The van der Waals surface area contributed by atoms with E-state index < -0.39 is 17.4 Å². The van der Waals surface area contributed by atoms with Crippen molar-refractivity contribution >= 4 is 11.9 Å². The minimum atomic E-state index is -1.01. The molecule has 0 aromatic carbocycles. The van der Waals surface area contributed by atoms with E-state index in [2.05, 4.69) is 6.92 Å². The van der Waals surface area contributed by atoms with Gasteiger partial charge in [0.2, 0.25) is 0 Å². The van der Waals surface area contributed by atoms with E-state index in [0.29, 0.717) is 32.0 Å². The van der Waals surface area contributed by atoms with Crippen molar-refractivity contribution in [2.75, 3.05) is 13.2 Å². The van der Waals surface area contributed by atoms with Gasteiger partial charge in [-0.05, 0) is 32.6 Å². The van der Waals surface area contributed by atoms with Crippen LogP contribution in [0, 0.1) is 11.3 Å². The van der Waals surface area contributed by atoms with Crippen LogP contribution in [0.2, 0.25) is 0 Å². The lowest BCUT2D eigenvalue weighted by atomic mass is 9.60. The van der Waals surface area contributed by atoms with Gasteiger partial charge in [-0.3, -0.25) is 9.59 Å². The quantitative estimate of drug-likeness (QED) is 0.386. The normalized spacial score (nSPS) is 17.6. The summed E-state index contributed by atoms with van der Waals surface area (Å²) in [6, 6.07) is 0. The van der Waals surface area contributed by atoms with Crippen LogP contribution in [0.1, 0.15) is 59.3 Å². The summed E-state index contributed by atoms with van der Waals surface area (Å²) in [7, 11) is 0. The molecule has 0 bridgehead atoms. The number of carbonyl (C=O) groups is 2. The maximum Gasteiger partial charge on any atom is 0.323 e. The lowest BCUT2D eigenvalue weighted by Gasteiger charge is -2.43. The first-order valence-corrected chi connectivity index (χ1v) is 7.45. The van der Waals surface area contributed by atoms with Crippen molar-refractivity contribution in [1.29, 1.82) is 0 Å². The molecule has 1 aliphatic rings. The van der Waals surface area contributed by atoms with Crippen LogP contribution in [-0.2, 0) is 19.1 Å². The van der Waals surface area contributed by atoms with E-state index in [1.54, 1.807) is 13.8 Å². The Morgan fingerprint density at radius 2 is 1.53 bits per heavy atom. The van der Waals surface area contributed by atoms with Crippen LogP contribution in [0.3, 0.4) is 0 Å². The van der Waals surface area contributed by atoms with Crippen LogP contribution in [0.4, 0.5) is 0 Å². The van der Waals surface area contributed by atoms with Gasteiger partial charge in [-0.25, -0.2) is 0 Å². The number of carbonyl (C=O) groups excluding carboxylic acids is 2. The average Bonchev–Trinajstić information content (AvgIpc) is 2.32. The topological polar surface area (TPSA) is 52.6 Å². The van der Waals surface area contributed by atoms with Crippen LogP contribution in [0.5, 0.6) is 0 Å². The smallest absolute Gasteiger partial charge is 0.323 e. The summed E-state index contributed by atoms with van der Waals surface area (Å²) in [5.74, 6) is -0.347. The fourth-order valence-electron chi connectivity index (χ4n) is 2.77. The third-order valence-electron chi connectivity index (χ3n) is 3.82. The lowest BCUT2D eigenvalue weighted by Crippen LogP contribution is -2.51. The van der Waals surface area contributed by atoms with Crippen molar-refractivity contribution in [3.8, 4) is 0 Å². The molecule has 1 aliphatic carbocycles. The fraction of sp³-hybridized carbons (Fsp3) is 0.867. The molecule has 0 aromatic rings. The van der Waals surface area contributed by atoms with Crippen molar-refractivity contribution in [2.45, 2.75) is 59.3 Å². The van der Waals surface area contributed by atoms with Crippen molar-refractivity contribution in [3.63, 3.8) is 0 Å². The number of esters is 2. The molecule has 110 valence electrons. The predicted octanol–water partition coefficient (Wildman–Crippen LogP) is 3.09. The van der Waals surface area contributed by atoms with Crippen LogP contribution in [0.15, 0.2) is 0 Å². The molecule has 1 saturated carbocycles. The third kappa shape index (κ3) is 3.71.